The number of benzene rings is 1. The van der Waals surface area contributed by atoms with Crippen LogP contribution < -0.4 is 15.4 Å². The summed E-state index contributed by atoms with van der Waals surface area (Å²) in [5.41, 5.74) is 1.43. The van der Waals surface area contributed by atoms with E-state index < -0.39 is 0 Å². The molecule has 0 saturated heterocycles. The van der Waals surface area contributed by atoms with Crippen LogP contribution in [0.4, 0.5) is 0 Å². The SMILES string of the molecule is CNCCCNCC(C)(C)c1cccc(OC)c1. The van der Waals surface area contributed by atoms with E-state index >= 15 is 0 Å². The molecule has 0 aliphatic rings. The lowest BCUT2D eigenvalue weighted by atomic mass is 9.84. The van der Waals surface area contributed by atoms with Gasteiger partial charge in [0.1, 0.15) is 5.75 Å². The second-order valence-corrected chi connectivity index (χ2v) is 5.25. The second-order valence-electron chi connectivity index (χ2n) is 5.25. The minimum absolute atomic E-state index is 0.119. The van der Waals surface area contributed by atoms with Gasteiger partial charge in [-0.1, -0.05) is 26.0 Å². The maximum absolute atomic E-state index is 5.28. The lowest BCUT2D eigenvalue weighted by Crippen LogP contribution is -2.34. The van der Waals surface area contributed by atoms with Crippen LogP contribution in [0.25, 0.3) is 0 Å². The molecule has 102 valence electrons. The fourth-order valence-corrected chi connectivity index (χ4v) is 1.94. The summed E-state index contributed by atoms with van der Waals surface area (Å²) in [7, 11) is 3.70. The summed E-state index contributed by atoms with van der Waals surface area (Å²) in [6.07, 6.45) is 1.16. The van der Waals surface area contributed by atoms with Gasteiger partial charge in [0.2, 0.25) is 0 Å². The van der Waals surface area contributed by atoms with E-state index in [0.717, 1.165) is 31.8 Å². The molecular weight excluding hydrogens is 224 g/mol. The van der Waals surface area contributed by atoms with Crippen molar-refractivity contribution in [2.75, 3.05) is 33.8 Å². The van der Waals surface area contributed by atoms with Crippen molar-refractivity contribution in [3.63, 3.8) is 0 Å². The molecule has 0 bridgehead atoms. The number of nitrogens with one attached hydrogen (secondary N) is 2. The molecule has 0 amide bonds. The largest absolute Gasteiger partial charge is 0.497 e. The van der Waals surface area contributed by atoms with Gasteiger partial charge in [-0.25, -0.2) is 0 Å². The molecule has 0 saturated carbocycles. The summed E-state index contributed by atoms with van der Waals surface area (Å²) in [6, 6.07) is 8.32. The van der Waals surface area contributed by atoms with E-state index in [9.17, 15) is 0 Å². The fourth-order valence-electron chi connectivity index (χ4n) is 1.94. The predicted molar refractivity (Wildman–Crippen MR) is 77.4 cm³/mol. The topological polar surface area (TPSA) is 33.3 Å². The van der Waals surface area contributed by atoms with Gasteiger partial charge >= 0.3 is 0 Å². The standard InChI is InChI=1S/C15H26N2O/c1-15(2,12-17-10-6-9-16-3)13-7-5-8-14(11-13)18-4/h5,7-8,11,16-17H,6,9-10,12H2,1-4H3. The van der Waals surface area contributed by atoms with Crippen LogP contribution in [0.3, 0.4) is 0 Å². The molecule has 0 aliphatic carbocycles. The molecule has 0 spiro atoms. The van der Waals surface area contributed by atoms with Gasteiger partial charge in [0, 0.05) is 12.0 Å². The van der Waals surface area contributed by atoms with Crippen LogP contribution in [0.15, 0.2) is 24.3 Å². The normalized spacial score (nSPS) is 11.6. The average molecular weight is 250 g/mol. The van der Waals surface area contributed by atoms with Crippen LogP contribution in [0, 0.1) is 0 Å². The Morgan fingerprint density at radius 1 is 1.22 bits per heavy atom. The molecule has 0 fully saturated rings. The average Bonchev–Trinajstić information content (AvgIpc) is 2.38. The molecule has 0 unspecified atom stereocenters. The molecule has 3 nitrogen and oxygen atoms in total. The summed E-state index contributed by atoms with van der Waals surface area (Å²) in [5, 5.41) is 6.67. The van der Waals surface area contributed by atoms with Crippen molar-refractivity contribution in [1.29, 1.82) is 0 Å². The van der Waals surface area contributed by atoms with E-state index in [1.165, 1.54) is 5.56 Å². The predicted octanol–water partition coefficient (Wildman–Crippen LogP) is 2.17. The molecule has 1 rings (SSSR count). The third-order valence-electron chi connectivity index (χ3n) is 3.20. The van der Waals surface area contributed by atoms with Crippen molar-refractivity contribution >= 4 is 0 Å². The quantitative estimate of drug-likeness (QED) is 0.694. The maximum atomic E-state index is 5.28. The number of rotatable bonds is 8. The molecule has 1 aromatic carbocycles. The van der Waals surface area contributed by atoms with Crippen LogP contribution in [0.1, 0.15) is 25.8 Å². The van der Waals surface area contributed by atoms with Gasteiger partial charge in [0.25, 0.3) is 0 Å². The van der Waals surface area contributed by atoms with Gasteiger partial charge in [-0.05, 0) is 44.3 Å². The van der Waals surface area contributed by atoms with Crippen molar-refractivity contribution in [3.05, 3.63) is 29.8 Å². The highest BCUT2D eigenvalue weighted by molar-refractivity contribution is 5.33. The van der Waals surface area contributed by atoms with Gasteiger partial charge in [-0.2, -0.15) is 0 Å². The minimum Gasteiger partial charge on any atom is -0.497 e. The smallest absolute Gasteiger partial charge is 0.119 e. The first kappa shape index (κ1) is 15.0. The highest BCUT2D eigenvalue weighted by Gasteiger charge is 2.20. The van der Waals surface area contributed by atoms with Crippen LogP contribution >= 0.6 is 0 Å². The Bertz CT molecular complexity index is 350. The van der Waals surface area contributed by atoms with Gasteiger partial charge in [0.15, 0.2) is 0 Å². The van der Waals surface area contributed by atoms with Crippen LogP contribution in [-0.4, -0.2) is 33.8 Å². The zero-order valence-corrected chi connectivity index (χ0v) is 12.0. The molecule has 0 radical (unpaired) electrons. The van der Waals surface area contributed by atoms with Crippen molar-refractivity contribution in [2.45, 2.75) is 25.7 Å². The van der Waals surface area contributed by atoms with Crippen LogP contribution in [0.5, 0.6) is 5.75 Å². The van der Waals surface area contributed by atoms with Gasteiger partial charge in [-0.15, -0.1) is 0 Å². The monoisotopic (exact) mass is 250 g/mol. The van der Waals surface area contributed by atoms with E-state index in [-0.39, 0.29) is 5.41 Å². The molecule has 2 N–H and O–H groups in total. The van der Waals surface area contributed by atoms with Crippen LogP contribution in [0.2, 0.25) is 0 Å². The summed E-state index contributed by atoms with van der Waals surface area (Å²) in [6.45, 7) is 7.60. The Morgan fingerprint density at radius 2 is 2.00 bits per heavy atom. The molecule has 3 heteroatoms. The maximum Gasteiger partial charge on any atom is 0.119 e. The van der Waals surface area contributed by atoms with Gasteiger partial charge in [-0.3, -0.25) is 0 Å². The first-order chi connectivity index (χ1) is 8.60. The number of ether oxygens (including phenoxy) is 1. The number of hydrogen-bond donors (Lipinski definition) is 2. The molecule has 0 aromatic heterocycles. The Kier molecular flexibility index (Phi) is 6.16. The minimum atomic E-state index is 0.119. The van der Waals surface area contributed by atoms with E-state index in [4.69, 9.17) is 4.74 Å². The van der Waals surface area contributed by atoms with Gasteiger partial charge in [0.05, 0.1) is 7.11 Å². The highest BCUT2D eigenvalue weighted by Crippen LogP contribution is 2.25. The van der Waals surface area contributed by atoms with Gasteiger partial charge < -0.3 is 15.4 Å². The molecule has 18 heavy (non-hydrogen) atoms. The third kappa shape index (κ3) is 4.67. The molecule has 1 aromatic rings. The van der Waals surface area contributed by atoms with Crippen molar-refractivity contribution in [1.82, 2.24) is 10.6 Å². The summed E-state index contributed by atoms with van der Waals surface area (Å²) >= 11 is 0. The molecule has 0 heterocycles. The first-order valence-electron chi connectivity index (χ1n) is 6.60. The second kappa shape index (κ2) is 7.39. The Labute approximate surface area is 111 Å². The van der Waals surface area contributed by atoms with Crippen LogP contribution in [-0.2, 0) is 5.41 Å². The lowest BCUT2D eigenvalue weighted by molar-refractivity contribution is 0.410. The van der Waals surface area contributed by atoms with E-state index in [1.807, 2.05) is 13.1 Å². The van der Waals surface area contributed by atoms with E-state index in [2.05, 4.69) is 42.7 Å². The Balaban J connectivity index is 2.50. The van der Waals surface area contributed by atoms with Crippen molar-refractivity contribution < 1.29 is 4.74 Å². The summed E-state index contributed by atoms with van der Waals surface area (Å²) in [5.74, 6) is 0.927. The first-order valence-corrected chi connectivity index (χ1v) is 6.60. The molecule has 0 aliphatic heterocycles. The third-order valence-corrected chi connectivity index (χ3v) is 3.20. The molecule has 0 atom stereocenters. The Morgan fingerprint density at radius 3 is 2.67 bits per heavy atom. The zero-order chi connectivity index (χ0) is 13.4. The van der Waals surface area contributed by atoms with E-state index in [0.29, 0.717) is 0 Å². The zero-order valence-electron chi connectivity index (χ0n) is 12.0. The van der Waals surface area contributed by atoms with E-state index in [1.54, 1.807) is 7.11 Å². The number of methoxy groups -OCH3 is 1. The van der Waals surface area contributed by atoms with Crippen molar-refractivity contribution in [3.8, 4) is 5.75 Å². The van der Waals surface area contributed by atoms with Crippen molar-refractivity contribution in [2.24, 2.45) is 0 Å². The summed E-state index contributed by atoms with van der Waals surface area (Å²) < 4.78 is 5.28. The lowest BCUT2D eigenvalue weighted by Gasteiger charge is -2.26. The Hall–Kier alpha value is -1.06. The summed E-state index contributed by atoms with van der Waals surface area (Å²) in [4.78, 5) is 0. The number of hydrogen-bond acceptors (Lipinski definition) is 3. The molecular formula is C15H26N2O. The fraction of sp³-hybridized carbons (Fsp3) is 0.600. The highest BCUT2D eigenvalue weighted by atomic mass is 16.5.